The maximum atomic E-state index is 5.74. The summed E-state index contributed by atoms with van der Waals surface area (Å²) in [5, 5.41) is 3.10. The van der Waals surface area contributed by atoms with Gasteiger partial charge in [-0.25, -0.2) is 9.97 Å². The zero-order valence-corrected chi connectivity index (χ0v) is 9.50. The predicted molar refractivity (Wildman–Crippen MR) is 58.6 cm³/mol. The molecular formula is C7H9ClIN3. The van der Waals surface area contributed by atoms with Crippen molar-refractivity contribution in [3.8, 4) is 0 Å². The Morgan fingerprint density at radius 1 is 1.58 bits per heavy atom. The molecule has 0 bridgehead atoms. The molecule has 0 aliphatic rings. The largest absolute Gasteiger partial charge is 0.353 e. The van der Waals surface area contributed by atoms with Crippen molar-refractivity contribution in [2.24, 2.45) is 0 Å². The summed E-state index contributed by atoms with van der Waals surface area (Å²) < 4.78 is 1.03. The van der Waals surface area contributed by atoms with Crippen molar-refractivity contribution in [2.75, 3.05) is 11.9 Å². The Labute approximate surface area is 90.1 Å². The average molecular weight is 298 g/mol. The summed E-state index contributed by atoms with van der Waals surface area (Å²) in [7, 11) is 0. The van der Waals surface area contributed by atoms with Gasteiger partial charge in [0, 0.05) is 27.9 Å². The van der Waals surface area contributed by atoms with Gasteiger partial charge in [-0.15, -0.1) is 11.6 Å². The van der Waals surface area contributed by atoms with E-state index >= 15 is 0 Å². The summed E-state index contributed by atoms with van der Waals surface area (Å²) >= 11 is 7.90. The van der Waals surface area contributed by atoms with Crippen molar-refractivity contribution in [2.45, 2.75) is 12.3 Å². The number of halogens is 2. The van der Waals surface area contributed by atoms with Crippen LogP contribution in [-0.2, 0) is 0 Å². The van der Waals surface area contributed by atoms with Crippen molar-refractivity contribution >= 4 is 40.1 Å². The highest BCUT2D eigenvalue weighted by Gasteiger charge is 1.97. The molecule has 1 aromatic rings. The summed E-state index contributed by atoms with van der Waals surface area (Å²) in [6, 6.07) is 0. The molecule has 1 rings (SSSR count). The fourth-order valence-corrected chi connectivity index (χ4v) is 0.991. The Morgan fingerprint density at radius 3 is 2.67 bits per heavy atom. The monoisotopic (exact) mass is 297 g/mol. The molecule has 0 spiro atoms. The third kappa shape index (κ3) is 3.53. The number of alkyl halides is 1. The number of hydrogen-bond acceptors (Lipinski definition) is 3. The molecule has 1 unspecified atom stereocenters. The van der Waals surface area contributed by atoms with Crippen LogP contribution in [0.2, 0.25) is 0 Å². The molecule has 0 saturated heterocycles. The highest BCUT2D eigenvalue weighted by Crippen LogP contribution is 2.03. The van der Waals surface area contributed by atoms with Crippen LogP contribution in [0.1, 0.15) is 6.92 Å². The highest BCUT2D eigenvalue weighted by atomic mass is 127. The Balaban J connectivity index is 2.48. The van der Waals surface area contributed by atoms with Crippen LogP contribution in [0.3, 0.4) is 0 Å². The smallest absolute Gasteiger partial charge is 0.222 e. The van der Waals surface area contributed by atoms with Gasteiger partial charge in [0.1, 0.15) is 0 Å². The molecule has 1 heterocycles. The van der Waals surface area contributed by atoms with E-state index in [0.29, 0.717) is 12.5 Å². The quantitative estimate of drug-likeness (QED) is 0.686. The number of anilines is 1. The normalized spacial score (nSPS) is 12.6. The lowest BCUT2D eigenvalue weighted by Crippen LogP contribution is -2.12. The van der Waals surface area contributed by atoms with E-state index in [9.17, 15) is 0 Å². The van der Waals surface area contributed by atoms with Crippen molar-refractivity contribution in [1.82, 2.24) is 9.97 Å². The standard InChI is InChI=1S/C7H9ClIN3/c1-5(8)2-10-7-11-3-6(9)4-12-7/h3-5H,2H2,1H3,(H,10,11,12). The molecule has 66 valence electrons. The Kier molecular flexibility index (Phi) is 4.00. The van der Waals surface area contributed by atoms with Gasteiger partial charge in [0.05, 0.1) is 0 Å². The minimum absolute atomic E-state index is 0.0906. The summed E-state index contributed by atoms with van der Waals surface area (Å²) in [6.07, 6.45) is 3.52. The van der Waals surface area contributed by atoms with Crippen LogP contribution < -0.4 is 5.32 Å². The molecule has 5 heteroatoms. The third-order valence-electron chi connectivity index (χ3n) is 1.16. The number of aromatic nitrogens is 2. The van der Waals surface area contributed by atoms with Crippen LogP contribution in [0, 0.1) is 3.57 Å². The van der Waals surface area contributed by atoms with Gasteiger partial charge in [-0.1, -0.05) is 0 Å². The molecule has 1 N–H and O–H groups in total. The first kappa shape index (κ1) is 9.98. The Hall–Kier alpha value is -0.100. The third-order valence-corrected chi connectivity index (χ3v) is 1.87. The van der Waals surface area contributed by atoms with E-state index in [1.54, 1.807) is 12.4 Å². The van der Waals surface area contributed by atoms with Gasteiger partial charge < -0.3 is 5.32 Å². The lowest BCUT2D eigenvalue weighted by molar-refractivity contribution is 0.958. The van der Waals surface area contributed by atoms with Gasteiger partial charge in [-0.2, -0.15) is 0 Å². The topological polar surface area (TPSA) is 37.8 Å². The molecular weight excluding hydrogens is 288 g/mol. The second kappa shape index (κ2) is 4.81. The molecule has 0 aliphatic carbocycles. The zero-order chi connectivity index (χ0) is 8.97. The highest BCUT2D eigenvalue weighted by molar-refractivity contribution is 14.1. The number of hydrogen-bond donors (Lipinski definition) is 1. The van der Waals surface area contributed by atoms with E-state index < -0.39 is 0 Å². The molecule has 0 saturated carbocycles. The van der Waals surface area contributed by atoms with E-state index in [1.807, 2.05) is 6.92 Å². The van der Waals surface area contributed by atoms with Gasteiger partial charge in [0.2, 0.25) is 5.95 Å². The zero-order valence-electron chi connectivity index (χ0n) is 6.59. The van der Waals surface area contributed by atoms with Gasteiger partial charge >= 0.3 is 0 Å². The van der Waals surface area contributed by atoms with Crippen LogP contribution in [0.15, 0.2) is 12.4 Å². The number of rotatable bonds is 3. The van der Waals surface area contributed by atoms with Crippen LogP contribution in [0.25, 0.3) is 0 Å². The first-order chi connectivity index (χ1) is 5.68. The van der Waals surface area contributed by atoms with E-state index in [4.69, 9.17) is 11.6 Å². The Morgan fingerprint density at radius 2 is 2.17 bits per heavy atom. The predicted octanol–water partition coefficient (Wildman–Crippen LogP) is 2.12. The van der Waals surface area contributed by atoms with Gasteiger partial charge in [-0.3, -0.25) is 0 Å². The molecule has 0 fully saturated rings. The molecule has 1 atom stereocenters. The molecule has 1 aromatic heterocycles. The van der Waals surface area contributed by atoms with E-state index in [1.165, 1.54) is 0 Å². The van der Waals surface area contributed by atoms with E-state index in [-0.39, 0.29) is 5.38 Å². The molecule has 0 aromatic carbocycles. The number of nitrogens with one attached hydrogen (secondary N) is 1. The first-order valence-corrected chi connectivity index (χ1v) is 5.05. The van der Waals surface area contributed by atoms with E-state index in [2.05, 4.69) is 37.9 Å². The molecule has 0 radical (unpaired) electrons. The minimum Gasteiger partial charge on any atom is -0.353 e. The van der Waals surface area contributed by atoms with E-state index in [0.717, 1.165) is 3.57 Å². The Bertz CT molecular complexity index is 237. The molecule has 0 amide bonds. The van der Waals surface area contributed by atoms with Gasteiger partial charge in [-0.05, 0) is 29.5 Å². The maximum Gasteiger partial charge on any atom is 0.222 e. The van der Waals surface area contributed by atoms with Crippen LogP contribution >= 0.6 is 34.2 Å². The SMILES string of the molecule is CC(Cl)CNc1ncc(I)cn1. The first-order valence-electron chi connectivity index (χ1n) is 3.54. The lowest BCUT2D eigenvalue weighted by atomic mass is 10.5. The van der Waals surface area contributed by atoms with Gasteiger partial charge in [0.25, 0.3) is 0 Å². The van der Waals surface area contributed by atoms with Crippen LogP contribution in [0.4, 0.5) is 5.95 Å². The number of nitrogens with zero attached hydrogens (tertiary/aromatic N) is 2. The summed E-state index contributed by atoms with van der Waals surface area (Å²) in [5.41, 5.74) is 0. The van der Waals surface area contributed by atoms with Crippen LogP contribution in [-0.4, -0.2) is 21.9 Å². The van der Waals surface area contributed by atoms with Gasteiger partial charge in [0.15, 0.2) is 0 Å². The molecule has 12 heavy (non-hydrogen) atoms. The maximum absolute atomic E-state index is 5.74. The fourth-order valence-electron chi connectivity index (χ4n) is 0.635. The lowest BCUT2D eigenvalue weighted by Gasteiger charge is -2.04. The average Bonchev–Trinajstić information content (AvgIpc) is 2.03. The summed E-state index contributed by atoms with van der Waals surface area (Å²) in [6.45, 7) is 2.60. The molecule has 0 aliphatic heterocycles. The second-order valence-corrected chi connectivity index (χ2v) is 4.38. The van der Waals surface area contributed by atoms with Crippen molar-refractivity contribution in [1.29, 1.82) is 0 Å². The molecule has 3 nitrogen and oxygen atoms in total. The minimum atomic E-state index is 0.0906. The second-order valence-electron chi connectivity index (χ2n) is 2.39. The summed E-state index contributed by atoms with van der Waals surface area (Å²) in [4.78, 5) is 8.12. The summed E-state index contributed by atoms with van der Waals surface area (Å²) in [5.74, 6) is 0.628. The van der Waals surface area contributed by atoms with Crippen LogP contribution in [0.5, 0.6) is 0 Å². The fraction of sp³-hybridized carbons (Fsp3) is 0.429. The van der Waals surface area contributed by atoms with Crippen molar-refractivity contribution in [3.05, 3.63) is 16.0 Å². The van der Waals surface area contributed by atoms with Crippen molar-refractivity contribution in [3.63, 3.8) is 0 Å². The van der Waals surface area contributed by atoms with Crippen molar-refractivity contribution < 1.29 is 0 Å².